The van der Waals surface area contributed by atoms with Crippen LogP contribution < -0.4 is 5.48 Å². The van der Waals surface area contributed by atoms with Gasteiger partial charge in [0.25, 0.3) is 0 Å². The highest BCUT2D eigenvalue weighted by molar-refractivity contribution is 5.56. The second-order valence-corrected chi connectivity index (χ2v) is 1.89. The van der Waals surface area contributed by atoms with E-state index in [1.807, 2.05) is 6.92 Å². The third-order valence-corrected chi connectivity index (χ3v) is 0.780. The lowest BCUT2D eigenvalue weighted by molar-refractivity contribution is -0.112. The monoisotopic (exact) mass is 131 g/mol. The van der Waals surface area contributed by atoms with Gasteiger partial charge >= 0.3 is 0 Å². The molecule has 0 aromatic rings. The molecular weight excluding hydrogens is 118 g/mol. The molecule has 0 amide bonds. The summed E-state index contributed by atoms with van der Waals surface area (Å²) in [5, 5.41) is 0. The second kappa shape index (κ2) is 5.72. The molecule has 0 saturated heterocycles. The van der Waals surface area contributed by atoms with Crippen LogP contribution in [0.1, 0.15) is 20.3 Å². The van der Waals surface area contributed by atoms with E-state index < -0.39 is 0 Å². The molecule has 0 rings (SSSR count). The van der Waals surface area contributed by atoms with E-state index in [0.29, 0.717) is 6.61 Å². The van der Waals surface area contributed by atoms with Crippen molar-refractivity contribution in [3.05, 3.63) is 0 Å². The molecule has 0 bridgehead atoms. The summed E-state index contributed by atoms with van der Waals surface area (Å²) >= 11 is 0. The molecule has 0 aromatic carbocycles. The number of carbonyl (C=O) groups excluding carboxylic acids is 1. The summed E-state index contributed by atoms with van der Waals surface area (Å²) < 4.78 is 0. The molecule has 0 saturated carbocycles. The Labute approximate surface area is 55.3 Å². The second-order valence-electron chi connectivity index (χ2n) is 1.89. The van der Waals surface area contributed by atoms with Gasteiger partial charge in [-0.05, 0) is 13.3 Å². The summed E-state index contributed by atoms with van der Waals surface area (Å²) in [4.78, 5) is 14.8. The van der Waals surface area contributed by atoms with Crippen molar-refractivity contribution in [2.24, 2.45) is 0 Å². The zero-order valence-electron chi connectivity index (χ0n) is 5.89. The van der Waals surface area contributed by atoms with Crippen molar-refractivity contribution in [2.45, 2.75) is 26.3 Å². The highest BCUT2D eigenvalue weighted by Crippen LogP contribution is 1.77. The molecule has 3 nitrogen and oxygen atoms in total. The van der Waals surface area contributed by atoms with Gasteiger partial charge in [-0.1, -0.05) is 6.92 Å². The zero-order chi connectivity index (χ0) is 7.11. The third-order valence-electron chi connectivity index (χ3n) is 0.780. The Hall–Kier alpha value is -0.410. The Balaban J connectivity index is 2.96. The molecule has 0 fully saturated rings. The van der Waals surface area contributed by atoms with Gasteiger partial charge in [0.05, 0.1) is 12.6 Å². The number of hydroxylamine groups is 1. The maximum absolute atomic E-state index is 9.96. The van der Waals surface area contributed by atoms with Crippen LogP contribution in [0, 0.1) is 0 Å². The molecule has 1 atom stereocenters. The van der Waals surface area contributed by atoms with E-state index >= 15 is 0 Å². The Morgan fingerprint density at radius 2 is 2.44 bits per heavy atom. The summed E-state index contributed by atoms with van der Waals surface area (Å²) in [6, 6.07) is -0.198. The normalized spacial score (nSPS) is 13.1. The van der Waals surface area contributed by atoms with Crippen LogP contribution in [0.4, 0.5) is 0 Å². The van der Waals surface area contributed by atoms with Crippen molar-refractivity contribution in [3.63, 3.8) is 0 Å². The Bertz CT molecular complexity index is 75.5. The number of hydrogen-bond acceptors (Lipinski definition) is 3. The predicted octanol–water partition coefficient (Wildman–Crippen LogP) is 0.505. The molecule has 9 heavy (non-hydrogen) atoms. The number of hydrogen-bond donors (Lipinski definition) is 1. The maximum atomic E-state index is 9.96. The molecule has 0 aliphatic carbocycles. The highest BCUT2D eigenvalue weighted by atomic mass is 16.6. The van der Waals surface area contributed by atoms with E-state index in [1.54, 1.807) is 6.92 Å². The van der Waals surface area contributed by atoms with Crippen LogP contribution in [0.5, 0.6) is 0 Å². The van der Waals surface area contributed by atoms with Crippen molar-refractivity contribution in [2.75, 3.05) is 6.61 Å². The van der Waals surface area contributed by atoms with E-state index in [2.05, 4.69) is 5.48 Å². The number of carbonyl (C=O) groups is 1. The first-order valence-corrected chi connectivity index (χ1v) is 3.13. The summed E-state index contributed by atoms with van der Waals surface area (Å²) in [7, 11) is 0. The first-order chi connectivity index (χ1) is 4.31. The minimum Gasteiger partial charge on any atom is -0.302 e. The van der Waals surface area contributed by atoms with Crippen LogP contribution in [-0.2, 0) is 9.63 Å². The lowest BCUT2D eigenvalue weighted by Gasteiger charge is -2.04. The molecule has 54 valence electrons. The Kier molecular flexibility index (Phi) is 5.46. The lowest BCUT2D eigenvalue weighted by Crippen LogP contribution is -2.27. The van der Waals surface area contributed by atoms with Gasteiger partial charge in [-0.2, -0.15) is 5.48 Å². The predicted molar refractivity (Wildman–Crippen MR) is 34.9 cm³/mol. The molecule has 1 unspecified atom stereocenters. The quantitative estimate of drug-likeness (QED) is 0.335. The van der Waals surface area contributed by atoms with Gasteiger partial charge in [-0.15, -0.1) is 0 Å². The molecule has 0 aromatic heterocycles. The molecule has 3 heteroatoms. The summed E-state index contributed by atoms with van der Waals surface area (Å²) in [6.07, 6.45) is 1.76. The van der Waals surface area contributed by atoms with E-state index in [4.69, 9.17) is 4.84 Å². The standard InChI is InChI=1S/C6H13NO2/c1-3-4-9-7-6(2)5-8/h5-7H,3-4H2,1-2H3. The summed E-state index contributed by atoms with van der Waals surface area (Å²) in [6.45, 7) is 4.40. The number of aldehydes is 1. The molecule has 1 N–H and O–H groups in total. The first kappa shape index (κ1) is 8.59. The summed E-state index contributed by atoms with van der Waals surface area (Å²) in [5.74, 6) is 0. The van der Waals surface area contributed by atoms with Crippen LogP contribution in [0.25, 0.3) is 0 Å². The lowest BCUT2D eigenvalue weighted by atomic mass is 10.4. The smallest absolute Gasteiger partial charge is 0.138 e. The largest absolute Gasteiger partial charge is 0.302 e. The maximum Gasteiger partial charge on any atom is 0.138 e. The van der Waals surface area contributed by atoms with Crippen molar-refractivity contribution in [1.29, 1.82) is 0 Å². The molecule has 0 aliphatic heterocycles. The molecule has 0 heterocycles. The van der Waals surface area contributed by atoms with Crippen molar-refractivity contribution < 1.29 is 9.63 Å². The van der Waals surface area contributed by atoms with Gasteiger partial charge in [0.2, 0.25) is 0 Å². The molecule has 0 spiro atoms. The Morgan fingerprint density at radius 1 is 1.78 bits per heavy atom. The molecular formula is C6H13NO2. The average molecular weight is 131 g/mol. The third kappa shape index (κ3) is 5.46. The topological polar surface area (TPSA) is 38.3 Å². The van der Waals surface area contributed by atoms with Crippen LogP contribution in [0.2, 0.25) is 0 Å². The van der Waals surface area contributed by atoms with E-state index in [1.165, 1.54) is 0 Å². The van der Waals surface area contributed by atoms with Crippen molar-refractivity contribution in [1.82, 2.24) is 5.48 Å². The van der Waals surface area contributed by atoms with Crippen LogP contribution >= 0.6 is 0 Å². The van der Waals surface area contributed by atoms with Gasteiger partial charge in [0, 0.05) is 0 Å². The molecule has 0 aliphatic rings. The highest BCUT2D eigenvalue weighted by Gasteiger charge is 1.94. The van der Waals surface area contributed by atoms with E-state index in [0.717, 1.165) is 12.7 Å². The van der Waals surface area contributed by atoms with Crippen LogP contribution in [-0.4, -0.2) is 18.9 Å². The van der Waals surface area contributed by atoms with Crippen molar-refractivity contribution in [3.8, 4) is 0 Å². The van der Waals surface area contributed by atoms with Gasteiger partial charge < -0.3 is 9.63 Å². The van der Waals surface area contributed by atoms with E-state index in [9.17, 15) is 4.79 Å². The minimum atomic E-state index is -0.198. The van der Waals surface area contributed by atoms with Gasteiger partial charge in [-0.25, -0.2) is 0 Å². The van der Waals surface area contributed by atoms with Crippen LogP contribution in [0.3, 0.4) is 0 Å². The first-order valence-electron chi connectivity index (χ1n) is 3.13. The molecule has 0 radical (unpaired) electrons. The van der Waals surface area contributed by atoms with Crippen molar-refractivity contribution >= 4 is 6.29 Å². The van der Waals surface area contributed by atoms with Gasteiger partial charge in [0.1, 0.15) is 6.29 Å². The fourth-order valence-corrected chi connectivity index (χ4v) is 0.320. The van der Waals surface area contributed by atoms with E-state index in [-0.39, 0.29) is 6.04 Å². The number of rotatable bonds is 5. The fraction of sp³-hybridized carbons (Fsp3) is 0.833. The zero-order valence-corrected chi connectivity index (χ0v) is 5.89. The van der Waals surface area contributed by atoms with Gasteiger partial charge in [0.15, 0.2) is 0 Å². The minimum absolute atomic E-state index is 0.198. The summed E-state index contributed by atoms with van der Waals surface area (Å²) in [5.41, 5.74) is 2.57. The number of nitrogens with one attached hydrogen (secondary N) is 1. The SMILES string of the molecule is CCCONC(C)C=O. The Morgan fingerprint density at radius 3 is 2.89 bits per heavy atom. The average Bonchev–Trinajstić information content (AvgIpc) is 1.89. The van der Waals surface area contributed by atoms with Gasteiger partial charge in [-0.3, -0.25) is 0 Å². The van der Waals surface area contributed by atoms with Crippen LogP contribution in [0.15, 0.2) is 0 Å². The fourth-order valence-electron chi connectivity index (χ4n) is 0.320.